The van der Waals surface area contributed by atoms with Crippen LogP contribution in [0.3, 0.4) is 0 Å². The molecule has 1 heterocycles. The van der Waals surface area contributed by atoms with Crippen LogP contribution in [-0.4, -0.2) is 5.11 Å². The molecule has 0 spiro atoms. The average Bonchev–Trinajstić information content (AvgIpc) is 1.82. The fourth-order valence-corrected chi connectivity index (χ4v) is 1.84. The molecule has 0 aliphatic rings. The molecular formula is C8H10BrNO2. The van der Waals surface area contributed by atoms with Crippen molar-refractivity contribution in [2.45, 2.75) is 19.4 Å². The monoisotopic (exact) mass is 231 g/mol. The predicted molar refractivity (Wildman–Crippen MR) is 48.3 cm³/mol. The van der Waals surface area contributed by atoms with Gasteiger partial charge in [-0.1, -0.05) is 0 Å². The molecule has 0 bridgehead atoms. The maximum atomic E-state index is 11.2. The van der Waals surface area contributed by atoms with Gasteiger partial charge in [0.1, 0.15) is 5.60 Å². The highest BCUT2D eigenvalue weighted by molar-refractivity contribution is 9.10. The minimum absolute atomic E-state index is 0.324. The maximum Gasteiger partial charge on any atom is 0.238 e. The number of rotatable bonds is 1. The molecule has 0 atom stereocenters. The summed E-state index contributed by atoms with van der Waals surface area (Å²) in [6.07, 6.45) is 1.36. The van der Waals surface area contributed by atoms with Crippen LogP contribution in [0.1, 0.15) is 19.5 Å². The van der Waals surface area contributed by atoms with E-state index in [1.807, 2.05) is 0 Å². The van der Waals surface area contributed by atoms with E-state index in [1.165, 1.54) is 6.20 Å². The molecular weight excluding hydrogens is 222 g/mol. The SMILES string of the molecule is CC(C)(O)c1c(Br)ccc[n+]1[O-]. The van der Waals surface area contributed by atoms with Crippen LogP contribution in [0.5, 0.6) is 0 Å². The number of halogens is 1. The van der Waals surface area contributed by atoms with Gasteiger partial charge in [-0.25, -0.2) is 0 Å². The Morgan fingerprint density at radius 1 is 1.58 bits per heavy atom. The maximum absolute atomic E-state index is 11.2. The van der Waals surface area contributed by atoms with E-state index in [0.717, 1.165) is 0 Å². The Morgan fingerprint density at radius 2 is 2.17 bits per heavy atom. The van der Waals surface area contributed by atoms with Gasteiger partial charge in [-0.2, -0.15) is 4.73 Å². The summed E-state index contributed by atoms with van der Waals surface area (Å²) in [4.78, 5) is 0. The molecule has 1 N–H and O–H groups in total. The van der Waals surface area contributed by atoms with E-state index in [2.05, 4.69) is 15.9 Å². The smallest absolute Gasteiger partial charge is 0.238 e. The van der Waals surface area contributed by atoms with Crippen LogP contribution in [0.15, 0.2) is 22.8 Å². The Balaban J connectivity index is 3.31. The van der Waals surface area contributed by atoms with Crippen LogP contribution in [0.2, 0.25) is 0 Å². The van der Waals surface area contributed by atoms with E-state index >= 15 is 0 Å². The number of hydrogen-bond donors (Lipinski definition) is 1. The molecule has 12 heavy (non-hydrogen) atoms. The highest BCUT2D eigenvalue weighted by atomic mass is 79.9. The zero-order valence-corrected chi connectivity index (χ0v) is 8.50. The third kappa shape index (κ3) is 1.76. The number of hydrogen-bond acceptors (Lipinski definition) is 2. The van der Waals surface area contributed by atoms with Crippen LogP contribution < -0.4 is 4.73 Å². The molecule has 1 aromatic rings. The minimum atomic E-state index is -1.12. The van der Waals surface area contributed by atoms with Gasteiger partial charge >= 0.3 is 0 Å². The zero-order chi connectivity index (χ0) is 9.35. The van der Waals surface area contributed by atoms with Crippen molar-refractivity contribution >= 4 is 15.9 Å². The van der Waals surface area contributed by atoms with E-state index in [0.29, 0.717) is 14.9 Å². The van der Waals surface area contributed by atoms with Gasteiger partial charge in [0, 0.05) is 6.07 Å². The summed E-state index contributed by atoms with van der Waals surface area (Å²) in [5.74, 6) is 0. The van der Waals surface area contributed by atoms with Gasteiger partial charge in [0.15, 0.2) is 6.20 Å². The third-order valence-electron chi connectivity index (χ3n) is 1.49. The molecule has 66 valence electrons. The summed E-state index contributed by atoms with van der Waals surface area (Å²) in [7, 11) is 0. The molecule has 0 aliphatic heterocycles. The number of aromatic nitrogens is 1. The molecule has 3 nitrogen and oxygen atoms in total. The number of nitrogens with zero attached hydrogens (tertiary/aromatic N) is 1. The average molecular weight is 232 g/mol. The van der Waals surface area contributed by atoms with Gasteiger partial charge in [-0.05, 0) is 35.8 Å². The molecule has 0 saturated carbocycles. The fraction of sp³-hybridized carbons (Fsp3) is 0.375. The fourth-order valence-electron chi connectivity index (χ4n) is 1.03. The summed E-state index contributed by atoms with van der Waals surface area (Å²) in [6.45, 7) is 3.14. The second-order valence-corrected chi connectivity index (χ2v) is 3.94. The summed E-state index contributed by atoms with van der Waals surface area (Å²) in [6, 6.07) is 3.34. The second kappa shape index (κ2) is 3.03. The summed E-state index contributed by atoms with van der Waals surface area (Å²) < 4.78 is 1.27. The van der Waals surface area contributed by atoms with Crippen molar-refractivity contribution in [3.63, 3.8) is 0 Å². The van der Waals surface area contributed by atoms with E-state index in [1.54, 1.807) is 26.0 Å². The first-order valence-corrected chi connectivity index (χ1v) is 4.33. The molecule has 0 radical (unpaired) electrons. The van der Waals surface area contributed by atoms with Gasteiger partial charge in [-0.15, -0.1) is 0 Å². The second-order valence-electron chi connectivity index (χ2n) is 3.09. The molecule has 1 rings (SSSR count). The van der Waals surface area contributed by atoms with Gasteiger partial charge in [0.05, 0.1) is 4.47 Å². The zero-order valence-electron chi connectivity index (χ0n) is 6.91. The Labute approximate surface area is 79.4 Å². The first-order valence-electron chi connectivity index (χ1n) is 3.53. The van der Waals surface area contributed by atoms with Crippen molar-refractivity contribution in [1.82, 2.24) is 0 Å². The Bertz CT molecular complexity index is 273. The first kappa shape index (κ1) is 9.48. The van der Waals surface area contributed by atoms with Crippen LogP contribution in [-0.2, 0) is 5.60 Å². The molecule has 1 aromatic heterocycles. The Morgan fingerprint density at radius 3 is 2.50 bits per heavy atom. The van der Waals surface area contributed by atoms with Crippen molar-refractivity contribution in [3.8, 4) is 0 Å². The summed E-state index contributed by atoms with van der Waals surface area (Å²) in [5, 5.41) is 20.8. The largest absolute Gasteiger partial charge is 0.618 e. The standard InChI is InChI=1S/C8H10BrNO2/c1-8(2,11)7-6(9)4-3-5-10(7)12/h3-5,11H,1-2H3. The lowest BCUT2D eigenvalue weighted by molar-refractivity contribution is -0.622. The Hall–Kier alpha value is -0.610. The molecule has 0 saturated heterocycles. The van der Waals surface area contributed by atoms with Gasteiger partial charge in [0.25, 0.3) is 0 Å². The lowest BCUT2D eigenvalue weighted by atomic mass is 10.1. The quantitative estimate of drug-likeness (QED) is 0.586. The van der Waals surface area contributed by atoms with Crippen molar-refractivity contribution < 1.29 is 9.84 Å². The van der Waals surface area contributed by atoms with Crippen molar-refractivity contribution in [2.75, 3.05) is 0 Å². The highest BCUT2D eigenvalue weighted by Gasteiger charge is 2.28. The molecule has 4 heteroatoms. The molecule has 0 unspecified atom stereocenters. The van der Waals surface area contributed by atoms with Gasteiger partial charge < -0.3 is 10.3 Å². The predicted octanol–water partition coefficient (Wildman–Crippen LogP) is 1.31. The van der Waals surface area contributed by atoms with E-state index < -0.39 is 5.60 Å². The topological polar surface area (TPSA) is 47.2 Å². The van der Waals surface area contributed by atoms with Gasteiger partial charge in [-0.3, -0.25) is 0 Å². The van der Waals surface area contributed by atoms with E-state index in [4.69, 9.17) is 0 Å². The van der Waals surface area contributed by atoms with Crippen LogP contribution >= 0.6 is 15.9 Å². The number of pyridine rings is 1. The van der Waals surface area contributed by atoms with Crippen LogP contribution in [0.25, 0.3) is 0 Å². The third-order valence-corrected chi connectivity index (χ3v) is 2.13. The highest BCUT2D eigenvalue weighted by Crippen LogP contribution is 2.23. The van der Waals surface area contributed by atoms with Crippen LogP contribution in [0, 0.1) is 5.21 Å². The first-order chi connectivity index (χ1) is 5.43. The minimum Gasteiger partial charge on any atom is -0.618 e. The van der Waals surface area contributed by atoms with Gasteiger partial charge in [0.2, 0.25) is 5.69 Å². The van der Waals surface area contributed by atoms with Crippen molar-refractivity contribution in [3.05, 3.63) is 33.7 Å². The molecule has 0 aliphatic carbocycles. The molecule has 0 aromatic carbocycles. The summed E-state index contributed by atoms with van der Waals surface area (Å²) in [5.41, 5.74) is -0.799. The lowest BCUT2D eigenvalue weighted by Crippen LogP contribution is -2.39. The van der Waals surface area contributed by atoms with E-state index in [9.17, 15) is 10.3 Å². The lowest BCUT2D eigenvalue weighted by Gasteiger charge is -2.17. The molecule has 0 amide bonds. The summed E-state index contributed by atoms with van der Waals surface area (Å²) >= 11 is 3.20. The Kier molecular flexibility index (Phi) is 2.39. The van der Waals surface area contributed by atoms with E-state index in [-0.39, 0.29) is 0 Å². The molecule has 0 fully saturated rings. The normalized spacial score (nSPS) is 11.7. The van der Waals surface area contributed by atoms with Crippen LogP contribution in [0.4, 0.5) is 0 Å². The van der Waals surface area contributed by atoms with Crippen molar-refractivity contribution in [2.24, 2.45) is 0 Å². The van der Waals surface area contributed by atoms with Crippen molar-refractivity contribution in [1.29, 1.82) is 0 Å². The number of aliphatic hydroxyl groups is 1.